The summed E-state index contributed by atoms with van der Waals surface area (Å²) in [4.78, 5) is 40.3. The molecular formula is C18H15N3O4. The Morgan fingerprint density at radius 2 is 1.76 bits per heavy atom. The molecule has 2 aromatic rings. The first-order valence-corrected chi connectivity index (χ1v) is 7.91. The summed E-state index contributed by atoms with van der Waals surface area (Å²) >= 11 is 0. The second-order valence-corrected chi connectivity index (χ2v) is 5.66. The number of ether oxygens (including phenoxy) is 1. The van der Waals surface area contributed by atoms with Crippen LogP contribution in [0.2, 0.25) is 0 Å². The number of carbonyl (C=O) groups excluding carboxylic acids is 3. The number of hydrogen-bond donors (Lipinski definition) is 1. The van der Waals surface area contributed by atoms with Crippen LogP contribution >= 0.6 is 0 Å². The highest BCUT2D eigenvalue weighted by Crippen LogP contribution is 2.38. The van der Waals surface area contributed by atoms with Crippen LogP contribution in [-0.4, -0.2) is 30.5 Å². The Kier molecular flexibility index (Phi) is 3.42. The molecule has 1 N–H and O–H groups in total. The number of amides is 4. The summed E-state index contributed by atoms with van der Waals surface area (Å²) in [6, 6.07) is 11.8. The van der Waals surface area contributed by atoms with Crippen LogP contribution < -0.4 is 19.9 Å². The lowest BCUT2D eigenvalue weighted by Gasteiger charge is -2.28. The molecule has 2 aliphatic heterocycles. The first kappa shape index (κ1) is 15.2. The first-order chi connectivity index (χ1) is 12.1. The first-order valence-electron chi connectivity index (χ1n) is 7.91. The molecule has 1 fully saturated rings. The highest BCUT2D eigenvalue weighted by atomic mass is 16.5. The molecule has 2 aromatic carbocycles. The van der Waals surface area contributed by atoms with Crippen molar-refractivity contribution in [2.24, 2.45) is 0 Å². The minimum absolute atomic E-state index is 0.401. The zero-order chi connectivity index (χ0) is 17.6. The smallest absolute Gasteiger partial charge is 0.337 e. The average Bonchev–Trinajstić information content (AvgIpc) is 2.88. The van der Waals surface area contributed by atoms with Gasteiger partial charge in [-0.3, -0.25) is 14.5 Å². The van der Waals surface area contributed by atoms with Gasteiger partial charge in [0.25, 0.3) is 11.8 Å². The standard InChI is InChI=1S/C18H15N3O4/c1-2-25-12-9-7-11(8-10-12)20-17(23)15-16(22)19-13-5-3-4-6-14(13)21(15)18(20)24/h3-10,15H,2H2,1H3,(H,19,22). The number of para-hydroxylation sites is 2. The Labute approximate surface area is 143 Å². The van der Waals surface area contributed by atoms with Crippen molar-refractivity contribution in [1.29, 1.82) is 0 Å². The number of fused-ring (bicyclic) bond motifs is 3. The van der Waals surface area contributed by atoms with E-state index in [1.54, 1.807) is 48.5 Å². The van der Waals surface area contributed by atoms with Gasteiger partial charge in [-0.2, -0.15) is 0 Å². The molecule has 0 aliphatic carbocycles. The molecule has 25 heavy (non-hydrogen) atoms. The summed E-state index contributed by atoms with van der Waals surface area (Å²) in [5, 5.41) is 2.68. The van der Waals surface area contributed by atoms with Crippen molar-refractivity contribution < 1.29 is 19.1 Å². The van der Waals surface area contributed by atoms with Crippen molar-refractivity contribution in [2.45, 2.75) is 13.0 Å². The molecule has 126 valence electrons. The molecule has 4 amide bonds. The van der Waals surface area contributed by atoms with Crippen molar-refractivity contribution in [3.8, 4) is 5.75 Å². The average molecular weight is 337 g/mol. The lowest BCUT2D eigenvalue weighted by atomic mass is 10.1. The van der Waals surface area contributed by atoms with E-state index in [2.05, 4.69) is 5.32 Å². The van der Waals surface area contributed by atoms with Gasteiger partial charge in [0.2, 0.25) is 0 Å². The van der Waals surface area contributed by atoms with E-state index in [-0.39, 0.29) is 0 Å². The predicted molar refractivity (Wildman–Crippen MR) is 91.8 cm³/mol. The van der Waals surface area contributed by atoms with Crippen LogP contribution in [0.3, 0.4) is 0 Å². The number of hydrogen-bond acceptors (Lipinski definition) is 4. The van der Waals surface area contributed by atoms with Crippen LogP contribution in [0.4, 0.5) is 21.9 Å². The molecular weight excluding hydrogens is 322 g/mol. The second-order valence-electron chi connectivity index (χ2n) is 5.66. The molecule has 2 heterocycles. The molecule has 2 aliphatic rings. The van der Waals surface area contributed by atoms with E-state index < -0.39 is 23.9 Å². The fraction of sp³-hybridized carbons (Fsp3) is 0.167. The Balaban J connectivity index is 1.74. The highest BCUT2D eigenvalue weighted by molar-refractivity contribution is 6.37. The molecule has 1 atom stereocenters. The van der Waals surface area contributed by atoms with Gasteiger partial charge in [0.05, 0.1) is 23.7 Å². The summed E-state index contributed by atoms with van der Waals surface area (Å²) in [5.41, 5.74) is 1.43. The topological polar surface area (TPSA) is 79.0 Å². The maximum absolute atomic E-state index is 12.9. The summed E-state index contributed by atoms with van der Waals surface area (Å²) in [6.07, 6.45) is 0. The Hall–Kier alpha value is -3.35. The lowest BCUT2D eigenvalue weighted by Crippen LogP contribution is -2.48. The number of anilines is 3. The van der Waals surface area contributed by atoms with Gasteiger partial charge >= 0.3 is 6.03 Å². The second kappa shape index (κ2) is 5.62. The third-order valence-electron chi connectivity index (χ3n) is 4.19. The van der Waals surface area contributed by atoms with Crippen LogP contribution in [0.1, 0.15) is 6.92 Å². The van der Waals surface area contributed by atoms with Crippen molar-refractivity contribution in [3.05, 3.63) is 48.5 Å². The van der Waals surface area contributed by atoms with Gasteiger partial charge in [-0.1, -0.05) is 12.1 Å². The number of imide groups is 1. The normalized spacial score (nSPS) is 18.8. The van der Waals surface area contributed by atoms with E-state index in [9.17, 15) is 14.4 Å². The van der Waals surface area contributed by atoms with Crippen molar-refractivity contribution in [3.63, 3.8) is 0 Å². The Bertz CT molecular complexity index is 878. The molecule has 7 heteroatoms. The number of nitrogens with one attached hydrogen (secondary N) is 1. The largest absolute Gasteiger partial charge is 0.494 e. The summed E-state index contributed by atoms with van der Waals surface area (Å²) in [5.74, 6) is -0.433. The molecule has 7 nitrogen and oxygen atoms in total. The van der Waals surface area contributed by atoms with Gasteiger partial charge in [0, 0.05) is 0 Å². The zero-order valence-electron chi connectivity index (χ0n) is 13.4. The summed E-state index contributed by atoms with van der Waals surface area (Å²) in [7, 11) is 0. The van der Waals surface area contributed by atoms with Gasteiger partial charge in [-0.15, -0.1) is 0 Å². The van der Waals surface area contributed by atoms with Crippen molar-refractivity contribution in [1.82, 2.24) is 0 Å². The number of benzene rings is 2. The molecule has 0 bridgehead atoms. The van der Waals surface area contributed by atoms with Crippen LogP contribution in [0.25, 0.3) is 0 Å². The van der Waals surface area contributed by atoms with Gasteiger partial charge in [-0.25, -0.2) is 9.69 Å². The van der Waals surface area contributed by atoms with Gasteiger partial charge in [-0.05, 0) is 43.3 Å². The molecule has 1 unspecified atom stereocenters. The minimum Gasteiger partial charge on any atom is -0.494 e. The van der Waals surface area contributed by atoms with Gasteiger partial charge in [0.1, 0.15) is 5.75 Å². The van der Waals surface area contributed by atoms with Crippen LogP contribution in [-0.2, 0) is 9.59 Å². The van der Waals surface area contributed by atoms with Crippen LogP contribution in [0.15, 0.2) is 48.5 Å². The molecule has 4 rings (SSSR count). The SMILES string of the molecule is CCOc1ccc(N2C(=O)C3C(=O)Nc4ccccc4N3C2=O)cc1. The third kappa shape index (κ3) is 2.24. The maximum atomic E-state index is 12.9. The fourth-order valence-electron chi connectivity index (χ4n) is 3.10. The molecule has 1 saturated heterocycles. The number of carbonyl (C=O) groups is 3. The lowest BCUT2D eigenvalue weighted by molar-refractivity contribution is -0.125. The van der Waals surface area contributed by atoms with E-state index in [1.165, 1.54) is 4.90 Å². The summed E-state index contributed by atoms with van der Waals surface area (Å²) < 4.78 is 5.37. The molecule has 0 aromatic heterocycles. The predicted octanol–water partition coefficient (Wildman–Crippen LogP) is 2.38. The highest BCUT2D eigenvalue weighted by Gasteiger charge is 2.53. The Morgan fingerprint density at radius 3 is 2.48 bits per heavy atom. The van der Waals surface area contributed by atoms with E-state index in [4.69, 9.17) is 4.74 Å². The fourth-order valence-corrected chi connectivity index (χ4v) is 3.10. The number of nitrogens with zero attached hydrogens (tertiary/aromatic N) is 2. The minimum atomic E-state index is -1.19. The van der Waals surface area contributed by atoms with Gasteiger partial charge < -0.3 is 10.1 Å². The molecule has 0 spiro atoms. The van der Waals surface area contributed by atoms with Crippen molar-refractivity contribution >= 4 is 34.9 Å². The maximum Gasteiger partial charge on any atom is 0.337 e. The van der Waals surface area contributed by atoms with Crippen LogP contribution in [0.5, 0.6) is 5.75 Å². The molecule has 0 radical (unpaired) electrons. The van der Waals surface area contributed by atoms with E-state index in [1.807, 2.05) is 6.92 Å². The number of urea groups is 1. The van der Waals surface area contributed by atoms with E-state index in [0.29, 0.717) is 29.4 Å². The number of rotatable bonds is 3. The Morgan fingerprint density at radius 1 is 1.04 bits per heavy atom. The van der Waals surface area contributed by atoms with E-state index >= 15 is 0 Å². The monoisotopic (exact) mass is 337 g/mol. The zero-order valence-corrected chi connectivity index (χ0v) is 13.4. The third-order valence-corrected chi connectivity index (χ3v) is 4.19. The summed E-state index contributed by atoms with van der Waals surface area (Å²) in [6.45, 7) is 2.39. The quantitative estimate of drug-likeness (QED) is 0.689. The van der Waals surface area contributed by atoms with Crippen LogP contribution in [0, 0.1) is 0 Å². The van der Waals surface area contributed by atoms with Crippen molar-refractivity contribution in [2.75, 3.05) is 21.7 Å². The van der Waals surface area contributed by atoms with Gasteiger partial charge in [0.15, 0.2) is 6.04 Å². The molecule has 0 saturated carbocycles. The van der Waals surface area contributed by atoms with E-state index in [0.717, 1.165) is 4.90 Å².